The highest BCUT2D eigenvalue weighted by Crippen LogP contribution is 2.27. The summed E-state index contributed by atoms with van der Waals surface area (Å²) >= 11 is 0. The van der Waals surface area contributed by atoms with Crippen LogP contribution in [0.3, 0.4) is 0 Å². The molecule has 0 aromatic heterocycles. The molecular formula is C14H19NO5. The van der Waals surface area contributed by atoms with Gasteiger partial charge in [0.15, 0.2) is 18.1 Å². The fourth-order valence-corrected chi connectivity index (χ4v) is 1.49. The van der Waals surface area contributed by atoms with E-state index in [-0.39, 0.29) is 19.1 Å². The Balaban J connectivity index is 2.58. The largest absolute Gasteiger partial charge is 0.493 e. The molecule has 0 N–H and O–H groups in total. The summed E-state index contributed by atoms with van der Waals surface area (Å²) in [5, 5.41) is 0. The lowest BCUT2D eigenvalue weighted by Crippen LogP contribution is -2.35. The van der Waals surface area contributed by atoms with E-state index in [2.05, 4.69) is 4.74 Å². The summed E-state index contributed by atoms with van der Waals surface area (Å²) in [5.41, 5.74) is 1.03. The van der Waals surface area contributed by atoms with Gasteiger partial charge in [0.2, 0.25) is 0 Å². The van der Waals surface area contributed by atoms with E-state index in [1.54, 1.807) is 6.07 Å². The summed E-state index contributed by atoms with van der Waals surface area (Å²) in [5.74, 6) is 0.248. The number of nitrogens with zero attached hydrogens (tertiary/aromatic N) is 1. The number of esters is 1. The van der Waals surface area contributed by atoms with Crippen LogP contribution >= 0.6 is 0 Å². The van der Waals surface area contributed by atoms with Crippen LogP contribution in [-0.2, 0) is 14.3 Å². The first kappa shape index (κ1) is 15.8. The first-order chi connectivity index (χ1) is 9.47. The van der Waals surface area contributed by atoms with Crippen molar-refractivity contribution in [1.29, 1.82) is 0 Å². The standard InChI is InChI=1S/C14H19NO5/c1-10-5-6-11(12(7-10)18-3)20-9-13(16)15(2)8-14(17)19-4/h5-7H,8-9H2,1-4H3. The van der Waals surface area contributed by atoms with Crippen LogP contribution in [0.4, 0.5) is 0 Å². The van der Waals surface area contributed by atoms with Gasteiger partial charge in [-0.1, -0.05) is 6.07 Å². The predicted molar refractivity (Wildman–Crippen MR) is 72.9 cm³/mol. The Morgan fingerprint density at radius 1 is 1.20 bits per heavy atom. The van der Waals surface area contributed by atoms with E-state index in [0.717, 1.165) is 5.56 Å². The molecule has 1 rings (SSSR count). The van der Waals surface area contributed by atoms with Crippen LogP contribution in [0.25, 0.3) is 0 Å². The van der Waals surface area contributed by atoms with Crippen molar-refractivity contribution in [2.24, 2.45) is 0 Å². The number of hydrogen-bond donors (Lipinski definition) is 0. The molecule has 0 heterocycles. The van der Waals surface area contributed by atoms with Crippen molar-refractivity contribution in [2.75, 3.05) is 34.4 Å². The topological polar surface area (TPSA) is 65.1 Å². The Morgan fingerprint density at radius 3 is 2.50 bits per heavy atom. The maximum atomic E-state index is 11.8. The Bertz CT molecular complexity index is 486. The number of likely N-dealkylation sites (N-methyl/N-ethyl adjacent to an activating group) is 1. The van der Waals surface area contributed by atoms with E-state index in [1.165, 1.54) is 26.2 Å². The van der Waals surface area contributed by atoms with Gasteiger partial charge in [-0.2, -0.15) is 0 Å². The lowest BCUT2D eigenvalue weighted by Gasteiger charge is -2.16. The Hall–Kier alpha value is -2.24. The minimum Gasteiger partial charge on any atom is -0.493 e. The average Bonchev–Trinajstić information content (AvgIpc) is 2.44. The molecular weight excluding hydrogens is 262 g/mol. The Morgan fingerprint density at radius 2 is 1.90 bits per heavy atom. The second-order valence-corrected chi connectivity index (χ2v) is 4.27. The van der Waals surface area contributed by atoms with Crippen LogP contribution < -0.4 is 9.47 Å². The highest BCUT2D eigenvalue weighted by atomic mass is 16.5. The first-order valence-electron chi connectivity index (χ1n) is 6.06. The molecule has 1 aromatic rings. The van der Waals surface area contributed by atoms with Gasteiger partial charge in [0.05, 0.1) is 14.2 Å². The number of aryl methyl sites for hydroxylation is 1. The fourth-order valence-electron chi connectivity index (χ4n) is 1.49. The van der Waals surface area contributed by atoms with Gasteiger partial charge in [0.25, 0.3) is 5.91 Å². The third-order valence-corrected chi connectivity index (χ3v) is 2.69. The minimum atomic E-state index is -0.478. The molecule has 0 spiro atoms. The van der Waals surface area contributed by atoms with Crippen molar-refractivity contribution in [3.05, 3.63) is 23.8 Å². The third kappa shape index (κ3) is 4.46. The van der Waals surface area contributed by atoms with Gasteiger partial charge >= 0.3 is 5.97 Å². The summed E-state index contributed by atoms with van der Waals surface area (Å²) in [6, 6.07) is 5.42. The molecule has 0 unspecified atom stereocenters. The van der Waals surface area contributed by atoms with Gasteiger partial charge in [-0.25, -0.2) is 0 Å². The molecule has 0 aliphatic rings. The van der Waals surface area contributed by atoms with Gasteiger partial charge in [0, 0.05) is 7.05 Å². The van der Waals surface area contributed by atoms with Gasteiger partial charge in [-0.15, -0.1) is 0 Å². The summed E-state index contributed by atoms with van der Waals surface area (Å²) in [4.78, 5) is 24.1. The zero-order valence-electron chi connectivity index (χ0n) is 12.1. The highest BCUT2D eigenvalue weighted by Gasteiger charge is 2.14. The van der Waals surface area contributed by atoms with Gasteiger partial charge in [-0.05, 0) is 24.6 Å². The summed E-state index contributed by atoms with van der Waals surface area (Å²) in [6.07, 6.45) is 0. The summed E-state index contributed by atoms with van der Waals surface area (Å²) < 4.78 is 15.1. The van der Waals surface area contributed by atoms with Gasteiger partial charge < -0.3 is 19.1 Å². The second-order valence-electron chi connectivity index (χ2n) is 4.27. The van der Waals surface area contributed by atoms with Crippen LogP contribution in [0.15, 0.2) is 18.2 Å². The molecule has 0 saturated heterocycles. The molecule has 20 heavy (non-hydrogen) atoms. The van der Waals surface area contributed by atoms with E-state index in [9.17, 15) is 9.59 Å². The number of carbonyl (C=O) groups is 2. The van der Waals surface area contributed by atoms with Crippen molar-refractivity contribution < 1.29 is 23.8 Å². The van der Waals surface area contributed by atoms with Crippen LogP contribution in [0.1, 0.15) is 5.56 Å². The lowest BCUT2D eigenvalue weighted by molar-refractivity contribution is -0.146. The van der Waals surface area contributed by atoms with Crippen molar-refractivity contribution >= 4 is 11.9 Å². The average molecular weight is 281 g/mol. The lowest BCUT2D eigenvalue weighted by atomic mass is 10.2. The van der Waals surface area contributed by atoms with Crippen LogP contribution in [0.2, 0.25) is 0 Å². The maximum absolute atomic E-state index is 11.8. The molecule has 1 aromatic carbocycles. The molecule has 6 nitrogen and oxygen atoms in total. The van der Waals surface area contributed by atoms with Crippen molar-refractivity contribution in [2.45, 2.75) is 6.92 Å². The van der Waals surface area contributed by atoms with E-state index >= 15 is 0 Å². The molecule has 6 heteroatoms. The van der Waals surface area contributed by atoms with Crippen LogP contribution in [-0.4, -0.2) is 51.2 Å². The quantitative estimate of drug-likeness (QED) is 0.728. The third-order valence-electron chi connectivity index (χ3n) is 2.69. The molecule has 0 bridgehead atoms. The first-order valence-corrected chi connectivity index (χ1v) is 6.06. The van der Waals surface area contributed by atoms with Crippen molar-refractivity contribution in [1.82, 2.24) is 4.90 Å². The molecule has 0 radical (unpaired) electrons. The van der Waals surface area contributed by atoms with Gasteiger partial charge in [0.1, 0.15) is 6.54 Å². The highest BCUT2D eigenvalue weighted by molar-refractivity contribution is 5.82. The van der Waals surface area contributed by atoms with Gasteiger partial charge in [-0.3, -0.25) is 9.59 Å². The minimum absolute atomic E-state index is 0.107. The number of methoxy groups -OCH3 is 2. The number of carbonyl (C=O) groups excluding carboxylic acids is 2. The predicted octanol–water partition coefficient (Wildman–Crippen LogP) is 1.01. The molecule has 0 fully saturated rings. The molecule has 110 valence electrons. The van der Waals surface area contributed by atoms with Crippen molar-refractivity contribution in [3.63, 3.8) is 0 Å². The number of ether oxygens (including phenoxy) is 3. The smallest absolute Gasteiger partial charge is 0.325 e. The van der Waals surface area contributed by atoms with E-state index in [4.69, 9.17) is 9.47 Å². The van der Waals surface area contributed by atoms with Crippen molar-refractivity contribution in [3.8, 4) is 11.5 Å². The normalized spacial score (nSPS) is 9.80. The summed E-state index contributed by atoms with van der Waals surface area (Å²) in [7, 11) is 4.32. The molecule has 0 aliphatic heterocycles. The zero-order chi connectivity index (χ0) is 15.1. The number of rotatable bonds is 6. The molecule has 0 atom stereocenters. The SMILES string of the molecule is COC(=O)CN(C)C(=O)COc1ccc(C)cc1OC. The van der Waals surface area contributed by atoms with E-state index in [1.807, 2.05) is 19.1 Å². The fraction of sp³-hybridized carbons (Fsp3) is 0.429. The second kappa shape index (κ2) is 7.37. The van der Waals surface area contributed by atoms with E-state index in [0.29, 0.717) is 11.5 Å². The van der Waals surface area contributed by atoms with Crippen LogP contribution in [0, 0.1) is 6.92 Å². The Labute approximate surface area is 118 Å². The number of amides is 1. The number of hydrogen-bond acceptors (Lipinski definition) is 5. The number of benzene rings is 1. The molecule has 0 aliphatic carbocycles. The molecule has 0 saturated carbocycles. The molecule has 1 amide bonds. The summed E-state index contributed by atoms with van der Waals surface area (Å²) in [6.45, 7) is 1.65. The monoisotopic (exact) mass is 281 g/mol. The van der Waals surface area contributed by atoms with E-state index < -0.39 is 5.97 Å². The Kier molecular flexibility index (Phi) is 5.83. The zero-order valence-corrected chi connectivity index (χ0v) is 12.1. The maximum Gasteiger partial charge on any atom is 0.325 e. The van der Waals surface area contributed by atoms with Crippen LogP contribution in [0.5, 0.6) is 11.5 Å².